The van der Waals surface area contributed by atoms with Gasteiger partial charge in [-0.3, -0.25) is 4.79 Å². The number of hydrogen-bond donors (Lipinski definition) is 1. The second kappa shape index (κ2) is 14.2. The summed E-state index contributed by atoms with van der Waals surface area (Å²) in [5.41, 5.74) is 0.933. The van der Waals surface area contributed by atoms with Crippen LogP contribution in [0.15, 0.2) is 36.4 Å². The molecule has 0 fully saturated rings. The number of carbonyl (C=O) groups excluding carboxylic acids is 1. The van der Waals surface area contributed by atoms with E-state index in [2.05, 4.69) is 13.8 Å². The summed E-state index contributed by atoms with van der Waals surface area (Å²) in [6, 6.07) is 5.27. The molecule has 0 unspecified atom stereocenters. The molecule has 0 bridgehead atoms. The van der Waals surface area contributed by atoms with Crippen LogP contribution in [-0.4, -0.2) is 17.5 Å². The number of phenols is 1. The number of unbranched alkanes of at least 4 members (excludes halogenated alkanes) is 6. The van der Waals surface area contributed by atoms with E-state index >= 15 is 0 Å². The van der Waals surface area contributed by atoms with E-state index in [4.69, 9.17) is 4.74 Å². The number of allylic oxidation sites excluding steroid dienone is 3. The Hall–Kier alpha value is -2.03. The molecule has 0 atom stereocenters. The van der Waals surface area contributed by atoms with Gasteiger partial charge >= 0.3 is 0 Å². The van der Waals surface area contributed by atoms with E-state index in [1.54, 1.807) is 18.2 Å². The van der Waals surface area contributed by atoms with Gasteiger partial charge in [-0.25, -0.2) is 0 Å². The molecule has 0 amide bonds. The van der Waals surface area contributed by atoms with Crippen molar-refractivity contribution in [3.05, 3.63) is 42.0 Å². The monoisotopic (exact) mass is 358 g/mol. The fourth-order valence-electron chi connectivity index (χ4n) is 2.57. The molecule has 26 heavy (non-hydrogen) atoms. The number of carbonyl (C=O) groups is 1. The van der Waals surface area contributed by atoms with Crippen molar-refractivity contribution in [3.63, 3.8) is 0 Å². The Morgan fingerprint density at radius 1 is 1.00 bits per heavy atom. The molecule has 0 saturated heterocycles. The second-order valence-corrected chi connectivity index (χ2v) is 6.63. The minimum atomic E-state index is 0.155. The van der Waals surface area contributed by atoms with E-state index < -0.39 is 0 Å². The standard InChI is InChI=1S/C23H34O3/c1-3-5-7-8-9-10-14-21(24)15-12-11-13-20-16-17-22(25)23(19-20)26-18-6-4-2/h11-13,15-17,19,25H,3-10,14,18H2,1-2H3. The number of phenolic OH excluding ortho intramolecular Hbond substituents is 1. The molecule has 3 nitrogen and oxygen atoms in total. The molecular formula is C23H34O3. The summed E-state index contributed by atoms with van der Waals surface area (Å²) in [7, 11) is 0. The van der Waals surface area contributed by atoms with E-state index in [0.717, 1.165) is 31.2 Å². The minimum Gasteiger partial charge on any atom is -0.504 e. The van der Waals surface area contributed by atoms with E-state index in [-0.39, 0.29) is 11.5 Å². The fourth-order valence-corrected chi connectivity index (χ4v) is 2.57. The summed E-state index contributed by atoms with van der Waals surface area (Å²) >= 11 is 0. The number of aromatic hydroxyl groups is 1. The van der Waals surface area contributed by atoms with Gasteiger partial charge in [-0.2, -0.15) is 0 Å². The molecule has 0 radical (unpaired) electrons. The van der Waals surface area contributed by atoms with Crippen molar-refractivity contribution in [1.29, 1.82) is 0 Å². The summed E-state index contributed by atoms with van der Waals surface area (Å²) in [6.07, 6.45) is 17.0. The van der Waals surface area contributed by atoms with Crippen molar-refractivity contribution in [1.82, 2.24) is 0 Å². The molecule has 1 N–H and O–H groups in total. The Balaban J connectivity index is 2.36. The Bertz CT molecular complexity index is 573. The van der Waals surface area contributed by atoms with Crippen LogP contribution in [0.25, 0.3) is 6.08 Å². The molecule has 0 spiro atoms. The third kappa shape index (κ3) is 10.1. The van der Waals surface area contributed by atoms with Gasteiger partial charge < -0.3 is 9.84 Å². The Kier molecular flexibility index (Phi) is 12.0. The van der Waals surface area contributed by atoms with Crippen LogP contribution < -0.4 is 4.74 Å². The molecule has 0 saturated carbocycles. The van der Waals surface area contributed by atoms with Crippen LogP contribution in [0, 0.1) is 0 Å². The van der Waals surface area contributed by atoms with E-state index in [1.807, 2.05) is 24.3 Å². The lowest BCUT2D eigenvalue weighted by Gasteiger charge is -2.08. The van der Waals surface area contributed by atoms with Gasteiger partial charge in [0.1, 0.15) is 0 Å². The van der Waals surface area contributed by atoms with Gasteiger partial charge in [0.05, 0.1) is 6.61 Å². The molecule has 0 aliphatic rings. The molecule has 0 aliphatic carbocycles. The predicted molar refractivity (Wildman–Crippen MR) is 110 cm³/mol. The number of benzene rings is 1. The van der Waals surface area contributed by atoms with Gasteiger partial charge in [0.25, 0.3) is 0 Å². The maximum absolute atomic E-state index is 11.8. The quantitative estimate of drug-likeness (QED) is 0.236. The molecule has 0 heterocycles. The highest BCUT2D eigenvalue weighted by Crippen LogP contribution is 2.27. The lowest BCUT2D eigenvalue weighted by atomic mass is 10.1. The van der Waals surface area contributed by atoms with Crippen LogP contribution in [0.3, 0.4) is 0 Å². The first-order chi connectivity index (χ1) is 12.7. The van der Waals surface area contributed by atoms with Crippen molar-refractivity contribution < 1.29 is 14.6 Å². The fraction of sp³-hybridized carbons (Fsp3) is 0.522. The Labute approximate surface area is 158 Å². The van der Waals surface area contributed by atoms with Crippen molar-refractivity contribution in [2.45, 2.75) is 71.6 Å². The van der Waals surface area contributed by atoms with Crippen LogP contribution in [0.2, 0.25) is 0 Å². The predicted octanol–water partition coefficient (Wildman–Crippen LogP) is 6.46. The van der Waals surface area contributed by atoms with E-state index in [9.17, 15) is 9.90 Å². The molecule has 0 aliphatic heterocycles. The van der Waals surface area contributed by atoms with E-state index in [1.165, 1.54) is 25.7 Å². The van der Waals surface area contributed by atoms with Gasteiger partial charge in [-0.1, -0.05) is 76.7 Å². The van der Waals surface area contributed by atoms with Crippen molar-refractivity contribution in [2.75, 3.05) is 6.61 Å². The highest BCUT2D eigenvalue weighted by atomic mass is 16.5. The first-order valence-corrected chi connectivity index (χ1v) is 10.0. The van der Waals surface area contributed by atoms with Crippen molar-refractivity contribution in [2.24, 2.45) is 0 Å². The molecule has 1 aromatic carbocycles. The molecule has 3 heteroatoms. The zero-order valence-electron chi connectivity index (χ0n) is 16.4. The topological polar surface area (TPSA) is 46.5 Å². The normalized spacial score (nSPS) is 11.5. The Morgan fingerprint density at radius 3 is 2.50 bits per heavy atom. The summed E-state index contributed by atoms with van der Waals surface area (Å²) in [5.74, 6) is 0.839. The number of ketones is 1. The van der Waals surface area contributed by atoms with Crippen LogP contribution in [-0.2, 0) is 4.79 Å². The number of rotatable bonds is 14. The van der Waals surface area contributed by atoms with Crippen LogP contribution in [0.1, 0.15) is 77.2 Å². The molecule has 144 valence electrons. The average Bonchev–Trinajstić information content (AvgIpc) is 2.64. The van der Waals surface area contributed by atoms with E-state index in [0.29, 0.717) is 18.8 Å². The molecular weight excluding hydrogens is 324 g/mol. The van der Waals surface area contributed by atoms with Gasteiger partial charge in [0, 0.05) is 6.42 Å². The first kappa shape index (κ1) is 22.0. The highest BCUT2D eigenvalue weighted by molar-refractivity contribution is 5.89. The third-order valence-corrected chi connectivity index (χ3v) is 4.20. The largest absolute Gasteiger partial charge is 0.504 e. The SMILES string of the molecule is CCCCCCCCC(=O)C=CC=Cc1ccc(O)c(OCCCC)c1. The molecule has 1 rings (SSSR count). The number of ether oxygens (including phenoxy) is 1. The van der Waals surface area contributed by atoms with Crippen molar-refractivity contribution in [3.8, 4) is 11.5 Å². The van der Waals surface area contributed by atoms with Gasteiger partial charge in [0.2, 0.25) is 0 Å². The van der Waals surface area contributed by atoms with Crippen LogP contribution in [0.4, 0.5) is 0 Å². The van der Waals surface area contributed by atoms with Crippen LogP contribution >= 0.6 is 0 Å². The summed E-state index contributed by atoms with van der Waals surface area (Å²) in [5, 5.41) is 9.82. The lowest BCUT2D eigenvalue weighted by molar-refractivity contribution is -0.114. The van der Waals surface area contributed by atoms with Gasteiger partial charge in [0.15, 0.2) is 17.3 Å². The molecule has 1 aromatic rings. The Morgan fingerprint density at radius 2 is 1.73 bits per heavy atom. The smallest absolute Gasteiger partial charge is 0.161 e. The zero-order chi connectivity index (χ0) is 19.0. The van der Waals surface area contributed by atoms with Crippen molar-refractivity contribution >= 4 is 11.9 Å². The lowest BCUT2D eigenvalue weighted by Crippen LogP contribution is -1.96. The zero-order valence-corrected chi connectivity index (χ0v) is 16.4. The maximum atomic E-state index is 11.8. The third-order valence-electron chi connectivity index (χ3n) is 4.20. The highest BCUT2D eigenvalue weighted by Gasteiger charge is 2.02. The minimum absolute atomic E-state index is 0.155. The van der Waals surface area contributed by atoms with Crippen LogP contribution in [0.5, 0.6) is 11.5 Å². The number of hydrogen-bond acceptors (Lipinski definition) is 3. The van der Waals surface area contributed by atoms with Gasteiger partial charge in [-0.15, -0.1) is 0 Å². The maximum Gasteiger partial charge on any atom is 0.161 e. The summed E-state index contributed by atoms with van der Waals surface area (Å²) < 4.78 is 5.59. The first-order valence-electron chi connectivity index (χ1n) is 10.0. The second-order valence-electron chi connectivity index (χ2n) is 6.63. The van der Waals surface area contributed by atoms with Gasteiger partial charge in [-0.05, 0) is 36.6 Å². The average molecular weight is 359 g/mol. The summed E-state index contributed by atoms with van der Waals surface area (Å²) in [6.45, 7) is 4.91. The molecule has 0 aromatic heterocycles. The summed E-state index contributed by atoms with van der Waals surface area (Å²) in [4.78, 5) is 11.8.